The first-order valence-corrected chi connectivity index (χ1v) is 6.96. The van der Waals surface area contributed by atoms with Crippen LogP contribution in [0.4, 0.5) is 10.1 Å². The highest BCUT2D eigenvalue weighted by Crippen LogP contribution is 2.19. The molecule has 0 radical (unpaired) electrons. The number of rotatable bonds is 5. The Morgan fingerprint density at radius 2 is 2.05 bits per heavy atom. The van der Waals surface area contributed by atoms with Gasteiger partial charge in [-0.05, 0) is 20.2 Å². The van der Waals surface area contributed by atoms with E-state index in [0.717, 1.165) is 26.2 Å². The lowest BCUT2D eigenvalue weighted by Gasteiger charge is -2.37. The number of anilines is 1. The van der Waals surface area contributed by atoms with Crippen molar-refractivity contribution in [2.45, 2.75) is 6.10 Å². The molecule has 1 aliphatic heterocycles. The molecule has 1 fully saturated rings. The van der Waals surface area contributed by atoms with Gasteiger partial charge in [0.25, 0.3) is 0 Å². The molecule has 0 aliphatic carbocycles. The van der Waals surface area contributed by atoms with Gasteiger partial charge in [-0.15, -0.1) is 0 Å². The van der Waals surface area contributed by atoms with Crippen molar-refractivity contribution < 1.29 is 9.50 Å². The number of halogens is 1. The minimum Gasteiger partial charge on any atom is -0.390 e. The van der Waals surface area contributed by atoms with Crippen molar-refractivity contribution in [3.8, 4) is 0 Å². The van der Waals surface area contributed by atoms with Crippen LogP contribution in [0.3, 0.4) is 0 Å². The Hall–Kier alpha value is -1.24. The third-order valence-electron chi connectivity index (χ3n) is 3.51. The van der Waals surface area contributed by atoms with Gasteiger partial charge in [0.2, 0.25) is 0 Å². The van der Waals surface area contributed by atoms with Crippen LogP contribution < -0.4 is 4.90 Å². The maximum Gasteiger partial charge on any atom is 0.164 e. The van der Waals surface area contributed by atoms with E-state index in [2.05, 4.69) is 9.88 Å². The van der Waals surface area contributed by atoms with E-state index in [9.17, 15) is 9.50 Å². The summed E-state index contributed by atoms with van der Waals surface area (Å²) in [4.78, 5) is 10.0. The van der Waals surface area contributed by atoms with Crippen molar-refractivity contribution in [2.75, 3.05) is 58.3 Å². The van der Waals surface area contributed by atoms with Gasteiger partial charge in [-0.2, -0.15) is 0 Å². The van der Waals surface area contributed by atoms with Crippen LogP contribution in [0.2, 0.25) is 0 Å². The molecule has 5 nitrogen and oxygen atoms in total. The molecule has 1 unspecified atom stereocenters. The zero-order valence-corrected chi connectivity index (χ0v) is 12.2. The van der Waals surface area contributed by atoms with Crippen molar-refractivity contribution in [3.63, 3.8) is 0 Å². The highest BCUT2D eigenvalue weighted by atomic mass is 19.1. The minimum atomic E-state index is -0.339. The van der Waals surface area contributed by atoms with Crippen molar-refractivity contribution in [2.24, 2.45) is 0 Å². The van der Waals surface area contributed by atoms with Crippen LogP contribution in [0.5, 0.6) is 0 Å². The minimum absolute atomic E-state index is 0.270. The Morgan fingerprint density at radius 3 is 2.65 bits per heavy atom. The standard InChI is InChI=1S/C14H23FN4O/c1-17(2)10-12(20)11-18-5-7-19(8-6-18)14-3-4-16-9-13(14)15/h3-4,9,12,20H,5-8,10-11H2,1-2H3. The van der Waals surface area contributed by atoms with Gasteiger partial charge in [-0.3, -0.25) is 9.88 Å². The number of hydrogen-bond acceptors (Lipinski definition) is 5. The molecule has 2 rings (SSSR count). The summed E-state index contributed by atoms with van der Waals surface area (Å²) in [5.74, 6) is -0.270. The Morgan fingerprint density at radius 1 is 1.35 bits per heavy atom. The number of aromatic nitrogens is 1. The van der Waals surface area contributed by atoms with E-state index < -0.39 is 0 Å². The van der Waals surface area contributed by atoms with Gasteiger partial charge in [0.05, 0.1) is 18.0 Å². The van der Waals surface area contributed by atoms with Gasteiger partial charge in [0, 0.05) is 45.5 Å². The SMILES string of the molecule is CN(C)CC(O)CN1CCN(c2ccncc2F)CC1. The number of hydrogen-bond donors (Lipinski definition) is 1. The zero-order chi connectivity index (χ0) is 14.5. The summed E-state index contributed by atoms with van der Waals surface area (Å²) in [7, 11) is 3.90. The smallest absolute Gasteiger partial charge is 0.164 e. The van der Waals surface area contributed by atoms with Gasteiger partial charge in [0.1, 0.15) is 0 Å². The van der Waals surface area contributed by atoms with Crippen LogP contribution in [-0.2, 0) is 0 Å². The van der Waals surface area contributed by atoms with E-state index in [1.165, 1.54) is 6.20 Å². The van der Waals surface area contributed by atoms with E-state index in [-0.39, 0.29) is 11.9 Å². The molecular formula is C14H23FN4O. The quantitative estimate of drug-likeness (QED) is 0.839. The van der Waals surface area contributed by atoms with Crippen molar-refractivity contribution in [1.82, 2.24) is 14.8 Å². The molecule has 1 aromatic heterocycles. The molecule has 0 aromatic carbocycles. The monoisotopic (exact) mass is 282 g/mol. The summed E-state index contributed by atoms with van der Waals surface area (Å²) in [5, 5.41) is 9.93. The Labute approximate surface area is 119 Å². The number of β-amino-alcohol motifs (C(OH)–C–C–N with tert-alkyl or cyclic N) is 1. The molecule has 112 valence electrons. The van der Waals surface area contributed by atoms with E-state index in [0.29, 0.717) is 18.8 Å². The first-order valence-electron chi connectivity index (χ1n) is 6.96. The van der Waals surface area contributed by atoms with Gasteiger partial charge < -0.3 is 14.9 Å². The summed E-state index contributed by atoms with van der Waals surface area (Å²) >= 11 is 0. The summed E-state index contributed by atoms with van der Waals surface area (Å²) < 4.78 is 13.7. The Bertz CT molecular complexity index is 421. The molecule has 1 aromatic rings. The molecule has 1 aliphatic rings. The fourth-order valence-corrected chi connectivity index (χ4v) is 2.57. The number of piperazine rings is 1. The molecule has 0 bridgehead atoms. The molecule has 0 spiro atoms. The second kappa shape index (κ2) is 6.97. The molecule has 20 heavy (non-hydrogen) atoms. The molecule has 1 saturated heterocycles. The molecular weight excluding hydrogens is 259 g/mol. The van der Waals surface area contributed by atoms with Crippen molar-refractivity contribution in [3.05, 3.63) is 24.3 Å². The molecule has 0 amide bonds. The van der Waals surface area contributed by atoms with Gasteiger partial charge in [-0.1, -0.05) is 0 Å². The number of likely N-dealkylation sites (N-methyl/N-ethyl adjacent to an activating group) is 1. The molecule has 1 atom stereocenters. The second-order valence-electron chi connectivity index (χ2n) is 5.53. The molecule has 2 heterocycles. The normalized spacial score (nSPS) is 18.6. The fraction of sp³-hybridized carbons (Fsp3) is 0.643. The van der Waals surface area contributed by atoms with Crippen molar-refractivity contribution in [1.29, 1.82) is 0 Å². The van der Waals surface area contributed by atoms with Crippen LogP contribution in [0.15, 0.2) is 18.5 Å². The topological polar surface area (TPSA) is 42.8 Å². The molecule has 0 saturated carbocycles. The summed E-state index contributed by atoms with van der Waals surface area (Å²) in [5.41, 5.74) is 0.619. The average Bonchev–Trinajstić information content (AvgIpc) is 2.39. The summed E-state index contributed by atoms with van der Waals surface area (Å²) in [6.07, 6.45) is 2.53. The number of aliphatic hydroxyl groups excluding tert-OH is 1. The van der Waals surface area contributed by atoms with E-state index in [4.69, 9.17) is 0 Å². The summed E-state index contributed by atoms with van der Waals surface area (Å²) in [6.45, 7) is 4.56. The fourth-order valence-electron chi connectivity index (χ4n) is 2.57. The highest BCUT2D eigenvalue weighted by Gasteiger charge is 2.21. The van der Waals surface area contributed by atoms with E-state index >= 15 is 0 Å². The highest BCUT2D eigenvalue weighted by molar-refractivity contribution is 5.46. The van der Waals surface area contributed by atoms with Gasteiger partial charge in [0.15, 0.2) is 5.82 Å². The molecule has 1 N–H and O–H groups in total. The third-order valence-corrected chi connectivity index (χ3v) is 3.51. The average molecular weight is 282 g/mol. The lowest BCUT2D eigenvalue weighted by molar-refractivity contribution is 0.0860. The zero-order valence-electron chi connectivity index (χ0n) is 12.2. The summed E-state index contributed by atoms with van der Waals surface area (Å²) in [6, 6.07) is 1.71. The van der Waals surface area contributed by atoms with Crippen LogP contribution in [0, 0.1) is 5.82 Å². The lowest BCUT2D eigenvalue weighted by Crippen LogP contribution is -2.49. The van der Waals surface area contributed by atoms with Crippen LogP contribution >= 0.6 is 0 Å². The van der Waals surface area contributed by atoms with E-state index in [1.807, 2.05) is 23.9 Å². The maximum atomic E-state index is 13.7. The first-order chi connectivity index (χ1) is 9.56. The number of pyridine rings is 1. The van der Waals surface area contributed by atoms with Crippen LogP contribution in [0.1, 0.15) is 0 Å². The number of nitrogens with zero attached hydrogens (tertiary/aromatic N) is 4. The van der Waals surface area contributed by atoms with Crippen LogP contribution in [0.25, 0.3) is 0 Å². The number of aliphatic hydroxyl groups is 1. The lowest BCUT2D eigenvalue weighted by atomic mass is 10.2. The van der Waals surface area contributed by atoms with E-state index in [1.54, 1.807) is 12.3 Å². The first kappa shape index (κ1) is 15.2. The second-order valence-corrected chi connectivity index (χ2v) is 5.53. The predicted octanol–water partition coefficient (Wildman–Crippen LogP) is 0.265. The largest absolute Gasteiger partial charge is 0.390 e. The van der Waals surface area contributed by atoms with Gasteiger partial charge in [-0.25, -0.2) is 4.39 Å². The predicted molar refractivity (Wildman–Crippen MR) is 77.4 cm³/mol. The van der Waals surface area contributed by atoms with Gasteiger partial charge >= 0.3 is 0 Å². The van der Waals surface area contributed by atoms with Crippen molar-refractivity contribution >= 4 is 5.69 Å². The Kier molecular flexibility index (Phi) is 5.28. The molecule has 6 heteroatoms. The van der Waals surface area contributed by atoms with Crippen LogP contribution in [-0.4, -0.2) is 79.4 Å². The maximum absolute atomic E-state index is 13.7. The third kappa shape index (κ3) is 4.13. The Balaban J connectivity index is 1.82.